The first-order chi connectivity index (χ1) is 13.3. The smallest absolute Gasteiger partial charge is 0.339 e. The number of H-pyrrole nitrogens is 2. The molecule has 10 heteroatoms. The number of alkyl halides is 3. The Kier molecular flexibility index (Phi) is 4.84. The van der Waals surface area contributed by atoms with Crippen LogP contribution in [0.2, 0.25) is 0 Å². The van der Waals surface area contributed by atoms with Crippen molar-refractivity contribution in [2.24, 2.45) is 5.92 Å². The molecular weight excluding hydrogens is 391 g/mol. The summed E-state index contributed by atoms with van der Waals surface area (Å²) in [7, 11) is 0. The lowest BCUT2D eigenvalue weighted by atomic mass is 9.86. The van der Waals surface area contributed by atoms with Crippen LogP contribution in [0.1, 0.15) is 30.0 Å². The van der Waals surface area contributed by atoms with E-state index in [1.807, 2.05) is 24.3 Å². The molecule has 0 radical (unpaired) electrons. The van der Waals surface area contributed by atoms with Crippen LogP contribution in [0.5, 0.6) is 0 Å². The van der Waals surface area contributed by atoms with Gasteiger partial charge in [0.05, 0.1) is 18.8 Å². The molecule has 0 spiro atoms. The highest BCUT2D eigenvalue weighted by Gasteiger charge is 2.42. The second-order valence-electron chi connectivity index (χ2n) is 6.92. The zero-order chi connectivity index (χ0) is 19.9. The highest BCUT2D eigenvalue weighted by molar-refractivity contribution is 7.71. The van der Waals surface area contributed by atoms with E-state index < -0.39 is 18.1 Å². The predicted octanol–water partition coefficient (Wildman–Crippen LogP) is 3.43. The maximum absolute atomic E-state index is 13.2. The molecule has 0 amide bonds. The Bertz CT molecular complexity index is 1120. The molecule has 1 aliphatic rings. The van der Waals surface area contributed by atoms with Gasteiger partial charge in [-0.1, -0.05) is 24.3 Å². The second-order valence-corrected chi connectivity index (χ2v) is 7.30. The third kappa shape index (κ3) is 3.49. The van der Waals surface area contributed by atoms with Gasteiger partial charge < -0.3 is 10.3 Å². The van der Waals surface area contributed by atoms with Crippen molar-refractivity contribution in [3.05, 3.63) is 56.8 Å². The molecule has 1 aromatic carbocycles. The van der Waals surface area contributed by atoms with Crippen LogP contribution in [0.15, 0.2) is 35.4 Å². The van der Waals surface area contributed by atoms with Crippen molar-refractivity contribution in [3.8, 4) is 0 Å². The Morgan fingerprint density at radius 3 is 2.86 bits per heavy atom. The number of nitrogens with one attached hydrogen (secondary N) is 3. The van der Waals surface area contributed by atoms with Crippen LogP contribution in [-0.4, -0.2) is 32.2 Å². The van der Waals surface area contributed by atoms with E-state index in [0.29, 0.717) is 24.3 Å². The predicted molar refractivity (Wildman–Crippen MR) is 101 cm³/mol. The summed E-state index contributed by atoms with van der Waals surface area (Å²) in [5.41, 5.74) is 1.99. The van der Waals surface area contributed by atoms with Gasteiger partial charge in [-0.3, -0.25) is 14.3 Å². The van der Waals surface area contributed by atoms with Crippen molar-refractivity contribution in [2.45, 2.75) is 31.6 Å². The van der Waals surface area contributed by atoms with E-state index in [-0.39, 0.29) is 23.2 Å². The molecule has 4 rings (SSSR count). The van der Waals surface area contributed by atoms with Crippen molar-refractivity contribution < 1.29 is 13.2 Å². The van der Waals surface area contributed by atoms with E-state index >= 15 is 0 Å². The lowest BCUT2D eigenvalue weighted by Gasteiger charge is -2.33. The topological polar surface area (TPSA) is 78.5 Å². The van der Waals surface area contributed by atoms with E-state index in [4.69, 9.17) is 12.2 Å². The summed E-state index contributed by atoms with van der Waals surface area (Å²) >= 11 is 5.29. The summed E-state index contributed by atoms with van der Waals surface area (Å²) in [6.45, 7) is 0.604. The monoisotopic (exact) mass is 409 g/mol. The number of rotatable bonds is 3. The van der Waals surface area contributed by atoms with Gasteiger partial charge in [-0.2, -0.15) is 13.2 Å². The Hall–Kier alpha value is -2.46. The summed E-state index contributed by atoms with van der Waals surface area (Å²) in [4.78, 5) is 21.5. The maximum Gasteiger partial charge on any atom is 0.391 e. The minimum Gasteiger partial charge on any atom is -0.339 e. The van der Waals surface area contributed by atoms with Gasteiger partial charge in [-0.25, -0.2) is 4.98 Å². The third-order valence-electron chi connectivity index (χ3n) is 5.19. The minimum atomic E-state index is -4.20. The average molecular weight is 409 g/mol. The van der Waals surface area contributed by atoms with Gasteiger partial charge in [0.15, 0.2) is 10.4 Å². The Labute approximate surface area is 162 Å². The lowest BCUT2D eigenvalue weighted by Crippen LogP contribution is -2.38. The molecule has 0 bridgehead atoms. The fourth-order valence-corrected chi connectivity index (χ4v) is 4.01. The van der Waals surface area contributed by atoms with Gasteiger partial charge in [-0.15, -0.1) is 0 Å². The lowest BCUT2D eigenvalue weighted by molar-refractivity contribution is -0.183. The molecule has 28 heavy (non-hydrogen) atoms. The molecule has 0 aliphatic carbocycles. The number of benzene rings is 1. The number of aromatic amines is 2. The van der Waals surface area contributed by atoms with Crippen LogP contribution in [0, 0.1) is 10.7 Å². The molecule has 1 aliphatic heterocycles. The molecule has 1 saturated heterocycles. The van der Waals surface area contributed by atoms with E-state index in [9.17, 15) is 18.0 Å². The SMILES string of the molecule is O=c1[nH]c(=S)n(Cc2ccccc2[C@@H]2C[C@H](C(F)(F)F)CCN2)c2nc[nH]c12. The first-order valence-corrected chi connectivity index (χ1v) is 9.29. The molecule has 2 aromatic heterocycles. The number of hydrogen-bond donors (Lipinski definition) is 3. The van der Waals surface area contributed by atoms with Crippen LogP contribution in [0.3, 0.4) is 0 Å². The van der Waals surface area contributed by atoms with E-state index in [0.717, 1.165) is 11.1 Å². The van der Waals surface area contributed by atoms with Crippen molar-refractivity contribution in [1.29, 1.82) is 0 Å². The van der Waals surface area contributed by atoms with Gasteiger partial charge in [0.2, 0.25) is 0 Å². The molecule has 3 aromatic rings. The number of imidazole rings is 1. The fraction of sp³-hybridized carbons (Fsp3) is 0.389. The molecule has 0 saturated carbocycles. The Balaban J connectivity index is 1.71. The number of nitrogens with zero attached hydrogens (tertiary/aromatic N) is 2. The van der Waals surface area contributed by atoms with E-state index in [1.54, 1.807) is 4.57 Å². The summed E-state index contributed by atoms with van der Waals surface area (Å²) in [6.07, 6.45) is -2.71. The first kappa shape index (κ1) is 18.9. The molecule has 3 heterocycles. The first-order valence-electron chi connectivity index (χ1n) is 8.88. The normalized spacial score (nSPS) is 20.5. The summed E-state index contributed by atoms with van der Waals surface area (Å²) in [6, 6.07) is 6.94. The van der Waals surface area contributed by atoms with E-state index in [1.165, 1.54) is 6.33 Å². The molecule has 3 N–H and O–H groups in total. The zero-order valence-corrected chi connectivity index (χ0v) is 15.5. The van der Waals surface area contributed by atoms with Gasteiger partial charge in [-0.05, 0) is 42.7 Å². The minimum absolute atomic E-state index is 0.00461. The zero-order valence-electron chi connectivity index (χ0n) is 14.7. The quantitative estimate of drug-likeness (QED) is 0.579. The van der Waals surface area contributed by atoms with Gasteiger partial charge in [0.25, 0.3) is 5.56 Å². The Morgan fingerprint density at radius 2 is 2.07 bits per heavy atom. The van der Waals surface area contributed by atoms with Crippen LogP contribution in [-0.2, 0) is 6.54 Å². The molecule has 148 valence electrons. The molecule has 0 unspecified atom stereocenters. The van der Waals surface area contributed by atoms with Crippen LogP contribution >= 0.6 is 12.2 Å². The van der Waals surface area contributed by atoms with Gasteiger partial charge in [0, 0.05) is 6.04 Å². The standard InChI is InChI=1S/C18H18F3N5OS/c19-18(20,21)11-5-6-22-13(7-11)12-4-2-1-3-10(12)8-26-15-14(23-9-24-15)16(27)25-17(26)28/h1-4,9,11,13,22H,5-8H2,(H,23,24)(H,25,27,28)/t11-,13+/m1/s1. The fourth-order valence-electron chi connectivity index (χ4n) is 3.77. The van der Waals surface area contributed by atoms with Crippen molar-refractivity contribution >= 4 is 23.4 Å². The third-order valence-corrected chi connectivity index (χ3v) is 5.52. The number of piperidine rings is 1. The number of aromatic nitrogens is 4. The second kappa shape index (κ2) is 7.17. The largest absolute Gasteiger partial charge is 0.391 e. The summed E-state index contributed by atoms with van der Waals surface area (Å²) < 4.78 is 41.5. The molecule has 6 nitrogen and oxygen atoms in total. The summed E-state index contributed by atoms with van der Waals surface area (Å²) in [5.74, 6) is -1.32. The number of halogens is 3. The van der Waals surface area contributed by atoms with Crippen molar-refractivity contribution in [3.63, 3.8) is 0 Å². The number of hydrogen-bond acceptors (Lipinski definition) is 4. The molecular formula is C18H18F3N5OS. The highest BCUT2D eigenvalue weighted by Crippen LogP contribution is 2.39. The Morgan fingerprint density at radius 1 is 1.29 bits per heavy atom. The van der Waals surface area contributed by atoms with Crippen molar-refractivity contribution in [2.75, 3.05) is 6.54 Å². The van der Waals surface area contributed by atoms with Crippen LogP contribution < -0.4 is 10.9 Å². The van der Waals surface area contributed by atoms with Gasteiger partial charge >= 0.3 is 6.18 Å². The van der Waals surface area contributed by atoms with Gasteiger partial charge in [0.1, 0.15) is 5.52 Å². The molecule has 2 atom stereocenters. The van der Waals surface area contributed by atoms with Crippen molar-refractivity contribution in [1.82, 2.24) is 24.8 Å². The highest BCUT2D eigenvalue weighted by atomic mass is 32.1. The van der Waals surface area contributed by atoms with E-state index in [2.05, 4.69) is 20.3 Å². The van der Waals surface area contributed by atoms with Crippen LogP contribution in [0.4, 0.5) is 13.2 Å². The van der Waals surface area contributed by atoms with Crippen LogP contribution in [0.25, 0.3) is 11.2 Å². The average Bonchev–Trinajstić information content (AvgIpc) is 3.15. The molecule has 1 fully saturated rings. The number of fused-ring (bicyclic) bond motifs is 1. The summed E-state index contributed by atoms with van der Waals surface area (Å²) in [5, 5.41) is 3.20. The maximum atomic E-state index is 13.2.